The van der Waals surface area contributed by atoms with Crippen LogP contribution in [0.15, 0.2) is 61.9 Å². The third kappa shape index (κ3) is 5.02. The van der Waals surface area contributed by atoms with E-state index < -0.39 is 5.91 Å². The zero-order valence-corrected chi connectivity index (χ0v) is 21.4. The third-order valence-corrected chi connectivity index (χ3v) is 5.97. The minimum atomic E-state index is -0.450. The number of halogens is 2. The van der Waals surface area contributed by atoms with E-state index >= 15 is 0 Å². The summed E-state index contributed by atoms with van der Waals surface area (Å²) in [5.74, 6) is 0.195. The highest BCUT2D eigenvalue weighted by molar-refractivity contribution is 9.11. The molecule has 0 saturated heterocycles. The van der Waals surface area contributed by atoms with Crippen molar-refractivity contribution in [3.8, 4) is 23.0 Å². The van der Waals surface area contributed by atoms with Crippen molar-refractivity contribution < 1.29 is 19.1 Å². The zero-order valence-electron chi connectivity index (χ0n) is 17.4. The van der Waals surface area contributed by atoms with E-state index in [1.165, 1.54) is 13.2 Å². The Morgan fingerprint density at radius 1 is 1.15 bits per heavy atom. The van der Waals surface area contributed by atoms with Crippen LogP contribution in [-0.4, -0.2) is 28.2 Å². The lowest BCUT2D eigenvalue weighted by molar-refractivity contribution is 0.0974. The molecule has 0 radical (unpaired) electrons. The Morgan fingerprint density at radius 2 is 1.94 bits per heavy atom. The quantitative estimate of drug-likeness (QED) is 0.245. The van der Waals surface area contributed by atoms with E-state index in [4.69, 9.17) is 21.4 Å². The Kier molecular flexibility index (Phi) is 6.68. The van der Waals surface area contributed by atoms with Gasteiger partial charge in [0.2, 0.25) is 5.89 Å². The molecule has 3 N–H and O–H groups in total. The lowest BCUT2D eigenvalue weighted by Crippen LogP contribution is -2.34. The first kappa shape index (κ1) is 23.2. The summed E-state index contributed by atoms with van der Waals surface area (Å²) in [5, 5.41) is 16.1. The number of fused-ring (bicyclic) bond motifs is 1. The van der Waals surface area contributed by atoms with Crippen LogP contribution in [0.1, 0.15) is 15.9 Å². The topological polar surface area (TPSA) is 96.6 Å². The molecule has 168 valence electrons. The molecule has 0 aliphatic carbocycles. The lowest BCUT2D eigenvalue weighted by atomic mass is 10.1. The van der Waals surface area contributed by atoms with E-state index in [9.17, 15) is 9.90 Å². The normalized spacial score (nSPS) is 10.8. The Labute approximate surface area is 211 Å². The number of carbonyl (C=O) groups excluding carboxylic acids is 1. The second-order valence-electron chi connectivity index (χ2n) is 7.10. The van der Waals surface area contributed by atoms with E-state index in [0.29, 0.717) is 48.5 Å². The maximum absolute atomic E-state index is 12.7. The van der Waals surface area contributed by atoms with Crippen LogP contribution in [0.4, 0.5) is 5.69 Å². The predicted molar refractivity (Wildman–Crippen MR) is 138 cm³/mol. The molecule has 4 rings (SSSR count). The third-order valence-electron chi connectivity index (χ3n) is 4.71. The molecule has 0 aliphatic heterocycles. The molecule has 33 heavy (non-hydrogen) atoms. The first-order chi connectivity index (χ1) is 15.7. The smallest absolute Gasteiger partial charge is 0.261 e. The van der Waals surface area contributed by atoms with Gasteiger partial charge in [-0.15, -0.1) is 0 Å². The van der Waals surface area contributed by atoms with Gasteiger partial charge in [0, 0.05) is 16.2 Å². The molecule has 0 fully saturated rings. The molecule has 0 bridgehead atoms. The number of hydrogen-bond acceptors (Lipinski definition) is 6. The van der Waals surface area contributed by atoms with Crippen molar-refractivity contribution >= 4 is 71.9 Å². The molecule has 4 aromatic rings. The zero-order chi connectivity index (χ0) is 23.7. The number of hydrogen-bond donors (Lipinski definition) is 3. The fourth-order valence-corrected chi connectivity index (χ4v) is 4.80. The van der Waals surface area contributed by atoms with Crippen molar-refractivity contribution in [2.24, 2.45) is 0 Å². The molecule has 7 nitrogen and oxygen atoms in total. The van der Waals surface area contributed by atoms with Crippen molar-refractivity contribution in [2.75, 3.05) is 12.4 Å². The number of thiocarbonyl (C=S) groups is 1. The second kappa shape index (κ2) is 9.50. The van der Waals surface area contributed by atoms with Crippen LogP contribution < -0.4 is 15.4 Å². The fourth-order valence-electron chi connectivity index (χ4n) is 3.21. The summed E-state index contributed by atoms with van der Waals surface area (Å²) in [5.41, 5.74) is 3.62. The molecule has 1 amide bonds. The van der Waals surface area contributed by atoms with Crippen molar-refractivity contribution in [1.82, 2.24) is 10.3 Å². The molecule has 10 heteroatoms. The van der Waals surface area contributed by atoms with Gasteiger partial charge in [-0.1, -0.05) is 22.0 Å². The Morgan fingerprint density at radius 3 is 2.67 bits per heavy atom. The molecule has 0 aliphatic rings. The number of carbonyl (C=O) groups is 1. The van der Waals surface area contributed by atoms with Gasteiger partial charge >= 0.3 is 0 Å². The molecule has 0 atom stereocenters. The van der Waals surface area contributed by atoms with Gasteiger partial charge in [0.05, 0.1) is 22.7 Å². The minimum absolute atomic E-state index is 0.0463. The van der Waals surface area contributed by atoms with Gasteiger partial charge in [0.15, 0.2) is 10.7 Å². The number of aromatic nitrogens is 1. The highest BCUT2D eigenvalue weighted by Gasteiger charge is 2.18. The molecule has 1 aromatic heterocycles. The number of rotatable bonds is 4. The summed E-state index contributed by atoms with van der Waals surface area (Å²) in [6, 6.07) is 13.9. The minimum Gasteiger partial charge on any atom is -0.507 e. The predicted octanol–water partition coefficient (Wildman–Crippen LogP) is 6.17. The molecule has 1 heterocycles. The number of amides is 1. The van der Waals surface area contributed by atoms with Crippen molar-refractivity contribution in [3.63, 3.8) is 0 Å². The number of methoxy groups -OCH3 is 1. The summed E-state index contributed by atoms with van der Waals surface area (Å²) in [7, 11) is 1.48. The van der Waals surface area contributed by atoms with Gasteiger partial charge in [-0.2, -0.15) is 0 Å². The number of benzene rings is 3. The van der Waals surface area contributed by atoms with Crippen LogP contribution in [0, 0.1) is 6.92 Å². The standard InChI is InChI=1S/C23H17Br2N3O4S/c1-11-3-6-17-19(7-11)32-22(27-17)14-5-4-13(10-18(14)29)26-23(33)28-21(30)15-8-12(24)9-16(25)20(15)31-2/h3-10,29H,1-2H3,(H2,26,28,30,33). The first-order valence-corrected chi connectivity index (χ1v) is 11.6. The van der Waals surface area contributed by atoms with Gasteiger partial charge in [-0.3, -0.25) is 10.1 Å². The van der Waals surface area contributed by atoms with Gasteiger partial charge in [-0.05, 0) is 77.0 Å². The summed E-state index contributed by atoms with van der Waals surface area (Å²) < 4.78 is 12.4. The Bertz CT molecular complexity index is 1400. The molecular formula is C23H17Br2N3O4S. The average Bonchev–Trinajstić information content (AvgIpc) is 3.16. The van der Waals surface area contributed by atoms with E-state index in [-0.39, 0.29) is 10.9 Å². The fraction of sp³-hybridized carbons (Fsp3) is 0.0870. The van der Waals surface area contributed by atoms with E-state index in [0.717, 1.165) is 5.56 Å². The number of oxazole rings is 1. The van der Waals surface area contributed by atoms with Crippen LogP contribution >= 0.6 is 44.1 Å². The number of nitrogens with one attached hydrogen (secondary N) is 2. The monoisotopic (exact) mass is 589 g/mol. The summed E-state index contributed by atoms with van der Waals surface area (Å²) in [6.45, 7) is 1.97. The van der Waals surface area contributed by atoms with Crippen molar-refractivity contribution in [2.45, 2.75) is 6.92 Å². The van der Waals surface area contributed by atoms with E-state index in [1.54, 1.807) is 24.3 Å². The van der Waals surface area contributed by atoms with Gasteiger partial charge in [0.25, 0.3) is 5.91 Å². The maximum atomic E-state index is 12.7. The highest BCUT2D eigenvalue weighted by atomic mass is 79.9. The highest BCUT2D eigenvalue weighted by Crippen LogP contribution is 2.34. The van der Waals surface area contributed by atoms with Crippen LogP contribution in [-0.2, 0) is 0 Å². The van der Waals surface area contributed by atoms with Crippen LogP contribution in [0.2, 0.25) is 0 Å². The summed E-state index contributed by atoms with van der Waals surface area (Å²) in [4.78, 5) is 17.1. The van der Waals surface area contributed by atoms with Crippen molar-refractivity contribution in [3.05, 3.63) is 68.6 Å². The summed E-state index contributed by atoms with van der Waals surface area (Å²) >= 11 is 12.0. The summed E-state index contributed by atoms with van der Waals surface area (Å²) in [6.07, 6.45) is 0. The van der Waals surface area contributed by atoms with Crippen molar-refractivity contribution in [1.29, 1.82) is 0 Å². The number of aryl methyl sites for hydroxylation is 1. The van der Waals surface area contributed by atoms with E-state index in [1.807, 2.05) is 25.1 Å². The van der Waals surface area contributed by atoms with E-state index in [2.05, 4.69) is 47.5 Å². The first-order valence-electron chi connectivity index (χ1n) is 9.61. The molecule has 0 spiro atoms. The SMILES string of the molecule is COc1c(Br)cc(Br)cc1C(=O)NC(=S)Nc1ccc(-c2nc3ccc(C)cc3o2)c(O)c1. The molecule has 0 unspecified atom stereocenters. The number of aromatic hydroxyl groups is 1. The van der Waals surface area contributed by atoms with Gasteiger partial charge < -0.3 is 19.6 Å². The largest absolute Gasteiger partial charge is 0.507 e. The maximum Gasteiger partial charge on any atom is 0.261 e. The number of nitrogens with zero attached hydrogens (tertiary/aromatic N) is 1. The lowest BCUT2D eigenvalue weighted by Gasteiger charge is -2.13. The number of ether oxygens (including phenoxy) is 1. The average molecular weight is 591 g/mol. The van der Waals surface area contributed by atoms with Crippen LogP contribution in [0.5, 0.6) is 11.5 Å². The van der Waals surface area contributed by atoms with Crippen LogP contribution in [0.3, 0.4) is 0 Å². The van der Waals surface area contributed by atoms with Gasteiger partial charge in [0.1, 0.15) is 17.0 Å². The Hall–Kier alpha value is -2.95. The molecule has 0 saturated carbocycles. The second-order valence-corrected chi connectivity index (χ2v) is 9.28. The van der Waals surface area contributed by atoms with Gasteiger partial charge in [-0.25, -0.2) is 4.98 Å². The number of phenolic OH excluding ortho intramolecular Hbond substituents is 1. The van der Waals surface area contributed by atoms with Crippen LogP contribution in [0.25, 0.3) is 22.6 Å². The molecular weight excluding hydrogens is 574 g/mol. The Balaban J connectivity index is 1.50. The number of phenols is 1. The molecule has 3 aromatic carbocycles. The number of anilines is 1.